The number of hydrogen-bond donors (Lipinski definition) is 2. The number of nitrogens with zero attached hydrogens (tertiary/aromatic N) is 1. The first-order chi connectivity index (χ1) is 17.0. The summed E-state index contributed by atoms with van der Waals surface area (Å²) in [6.07, 6.45) is 0.644. The van der Waals surface area contributed by atoms with Gasteiger partial charge in [-0.3, -0.25) is 4.79 Å². The number of carbonyl (C=O) groups is 1. The van der Waals surface area contributed by atoms with Crippen LogP contribution < -0.4 is 20.3 Å². The number of urea groups is 1. The molecule has 1 heterocycles. The topological polar surface area (TPSA) is 83.7 Å². The fraction of sp³-hybridized carbons (Fsp3) is 0.185. The average molecular weight is 492 g/mol. The van der Waals surface area contributed by atoms with E-state index < -0.39 is 0 Å². The van der Waals surface area contributed by atoms with Crippen molar-refractivity contribution in [1.29, 1.82) is 0 Å². The third-order valence-electron chi connectivity index (χ3n) is 5.68. The fourth-order valence-electron chi connectivity index (χ4n) is 3.80. The molecule has 0 spiro atoms. The Kier molecular flexibility index (Phi) is 7.57. The first kappa shape index (κ1) is 24.2. The van der Waals surface area contributed by atoms with Crippen molar-refractivity contribution in [3.63, 3.8) is 0 Å². The van der Waals surface area contributed by atoms with Gasteiger partial charge in [0.2, 0.25) is 0 Å². The van der Waals surface area contributed by atoms with E-state index in [9.17, 15) is 9.59 Å². The largest absolute Gasteiger partial charge is 0.493 e. The summed E-state index contributed by atoms with van der Waals surface area (Å²) in [4.78, 5) is 30.6. The van der Waals surface area contributed by atoms with E-state index in [1.165, 1.54) is 0 Å². The second kappa shape index (κ2) is 11.0. The van der Waals surface area contributed by atoms with Crippen molar-refractivity contribution in [3.05, 3.63) is 99.3 Å². The van der Waals surface area contributed by atoms with Crippen LogP contribution in [0.2, 0.25) is 5.02 Å². The summed E-state index contributed by atoms with van der Waals surface area (Å²) in [6.45, 7) is 0.554. The molecule has 0 aliphatic carbocycles. The maximum Gasteiger partial charge on any atom is 0.322 e. The van der Waals surface area contributed by atoms with Gasteiger partial charge < -0.3 is 24.7 Å². The molecule has 180 valence electrons. The summed E-state index contributed by atoms with van der Waals surface area (Å²) >= 11 is 5.96. The molecule has 0 aliphatic rings. The molecule has 3 aromatic carbocycles. The Hall–Kier alpha value is -3.97. The highest BCUT2D eigenvalue weighted by molar-refractivity contribution is 6.30. The van der Waals surface area contributed by atoms with E-state index in [4.69, 9.17) is 21.1 Å². The van der Waals surface area contributed by atoms with Crippen LogP contribution in [0.15, 0.2) is 77.6 Å². The smallest absolute Gasteiger partial charge is 0.322 e. The molecule has 0 atom stereocenters. The van der Waals surface area contributed by atoms with E-state index in [1.54, 1.807) is 61.6 Å². The van der Waals surface area contributed by atoms with E-state index in [0.29, 0.717) is 46.3 Å². The molecule has 1 aromatic heterocycles. The maximum absolute atomic E-state index is 13.2. The zero-order valence-corrected chi connectivity index (χ0v) is 20.3. The summed E-state index contributed by atoms with van der Waals surface area (Å²) in [5, 5.41) is 4.25. The molecular formula is C27H26ClN3O4. The predicted octanol–water partition coefficient (Wildman–Crippen LogP) is 5.48. The van der Waals surface area contributed by atoms with E-state index in [-0.39, 0.29) is 18.1 Å². The Morgan fingerprint density at radius 1 is 0.971 bits per heavy atom. The zero-order chi connectivity index (χ0) is 24.8. The summed E-state index contributed by atoms with van der Waals surface area (Å²) in [6, 6.07) is 21.8. The first-order valence-electron chi connectivity index (χ1n) is 11.1. The number of fused-ring (bicyclic) bond motifs is 1. The first-order valence-corrected chi connectivity index (χ1v) is 11.5. The van der Waals surface area contributed by atoms with Crippen LogP contribution in [0.5, 0.6) is 11.5 Å². The number of hydrogen-bond acceptors (Lipinski definition) is 4. The third-order valence-corrected chi connectivity index (χ3v) is 5.93. The van der Waals surface area contributed by atoms with Gasteiger partial charge in [-0.2, -0.15) is 0 Å². The number of aromatic nitrogens is 1. The van der Waals surface area contributed by atoms with E-state index in [2.05, 4.69) is 10.3 Å². The van der Waals surface area contributed by atoms with Gasteiger partial charge in [0.05, 0.1) is 26.3 Å². The summed E-state index contributed by atoms with van der Waals surface area (Å²) in [5.41, 5.74) is 2.53. The van der Waals surface area contributed by atoms with Crippen LogP contribution in [-0.4, -0.2) is 36.7 Å². The maximum atomic E-state index is 13.2. The normalized spacial score (nSPS) is 10.7. The molecule has 0 bridgehead atoms. The van der Waals surface area contributed by atoms with Gasteiger partial charge in [-0.1, -0.05) is 41.9 Å². The Morgan fingerprint density at radius 3 is 2.34 bits per heavy atom. The van der Waals surface area contributed by atoms with Gasteiger partial charge in [-0.15, -0.1) is 0 Å². The minimum absolute atomic E-state index is 0.131. The van der Waals surface area contributed by atoms with Crippen molar-refractivity contribution < 1.29 is 14.3 Å². The molecule has 4 rings (SSSR count). The molecule has 4 aromatic rings. The van der Waals surface area contributed by atoms with Gasteiger partial charge in [0.25, 0.3) is 5.56 Å². The second-order valence-corrected chi connectivity index (χ2v) is 8.45. The Morgan fingerprint density at radius 2 is 1.66 bits per heavy atom. The molecular weight excluding hydrogens is 466 g/mol. The predicted molar refractivity (Wildman–Crippen MR) is 139 cm³/mol. The molecule has 0 aliphatic heterocycles. The SMILES string of the molecule is COc1cc2cc(CN(CCc3ccccc3)C(=O)Nc3ccc(Cl)cc3)c(=O)[nH]c2cc1OC. The molecule has 7 nitrogen and oxygen atoms in total. The molecule has 35 heavy (non-hydrogen) atoms. The number of ether oxygens (including phenoxy) is 2. The summed E-state index contributed by atoms with van der Waals surface area (Å²) in [5.74, 6) is 1.08. The number of carbonyl (C=O) groups excluding carboxylic acids is 1. The number of H-pyrrole nitrogens is 1. The van der Waals surface area contributed by atoms with Gasteiger partial charge >= 0.3 is 6.03 Å². The highest BCUT2D eigenvalue weighted by atomic mass is 35.5. The number of halogens is 1. The van der Waals surface area contributed by atoms with Crippen LogP contribution in [0.3, 0.4) is 0 Å². The van der Waals surface area contributed by atoms with Crippen molar-refractivity contribution in [2.45, 2.75) is 13.0 Å². The van der Waals surface area contributed by atoms with Crippen LogP contribution in [0.4, 0.5) is 10.5 Å². The Bertz CT molecular complexity index is 1370. The Balaban J connectivity index is 1.62. The lowest BCUT2D eigenvalue weighted by Crippen LogP contribution is -2.37. The van der Waals surface area contributed by atoms with E-state index >= 15 is 0 Å². The number of aromatic amines is 1. The number of methoxy groups -OCH3 is 2. The van der Waals surface area contributed by atoms with Crippen molar-refractivity contribution in [2.24, 2.45) is 0 Å². The molecule has 0 saturated heterocycles. The molecule has 8 heteroatoms. The third kappa shape index (κ3) is 5.94. The number of anilines is 1. The van der Waals surface area contributed by atoms with Gasteiger partial charge in [-0.25, -0.2) is 4.79 Å². The molecule has 0 unspecified atom stereocenters. The number of benzene rings is 3. The quantitative estimate of drug-likeness (QED) is 0.342. The van der Waals surface area contributed by atoms with Crippen molar-refractivity contribution in [3.8, 4) is 11.5 Å². The van der Waals surface area contributed by atoms with Gasteiger partial charge in [-0.05, 0) is 48.4 Å². The van der Waals surface area contributed by atoms with Crippen LogP contribution >= 0.6 is 11.6 Å². The van der Waals surface area contributed by atoms with Crippen LogP contribution in [0.1, 0.15) is 11.1 Å². The molecule has 2 amide bonds. The number of nitrogens with one attached hydrogen (secondary N) is 2. The number of pyridine rings is 1. The average Bonchev–Trinajstić information content (AvgIpc) is 2.87. The molecule has 0 fully saturated rings. The molecule has 0 radical (unpaired) electrons. The van der Waals surface area contributed by atoms with Crippen molar-refractivity contribution in [1.82, 2.24) is 9.88 Å². The minimum Gasteiger partial charge on any atom is -0.493 e. The van der Waals surface area contributed by atoms with E-state index in [1.807, 2.05) is 30.3 Å². The van der Waals surface area contributed by atoms with Crippen LogP contribution in [-0.2, 0) is 13.0 Å². The summed E-state index contributed by atoms with van der Waals surface area (Å²) in [7, 11) is 3.10. The van der Waals surface area contributed by atoms with Crippen LogP contribution in [0, 0.1) is 0 Å². The highest BCUT2D eigenvalue weighted by Gasteiger charge is 2.17. The lowest BCUT2D eigenvalue weighted by molar-refractivity contribution is 0.209. The zero-order valence-electron chi connectivity index (χ0n) is 19.5. The standard InChI is InChI=1S/C27H26ClN3O4/c1-34-24-15-19-14-20(26(32)30-23(19)16-25(24)35-2)17-31(13-12-18-6-4-3-5-7-18)27(33)29-22-10-8-21(28)9-11-22/h3-11,14-16H,12-13,17H2,1-2H3,(H,29,33)(H,30,32). The molecule has 2 N–H and O–H groups in total. The molecule has 0 saturated carbocycles. The van der Waals surface area contributed by atoms with Crippen molar-refractivity contribution >= 4 is 34.2 Å². The lowest BCUT2D eigenvalue weighted by Gasteiger charge is -2.23. The number of amides is 2. The monoisotopic (exact) mass is 491 g/mol. The van der Waals surface area contributed by atoms with Crippen molar-refractivity contribution in [2.75, 3.05) is 26.1 Å². The van der Waals surface area contributed by atoms with Gasteiger partial charge in [0.1, 0.15) is 0 Å². The lowest BCUT2D eigenvalue weighted by atomic mass is 10.1. The van der Waals surface area contributed by atoms with E-state index in [0.717, 1.165) is 10.9 Å². The minimum atomic E-state index is -0.310. The van der Waals surface area contributed by atoms with Crippen LogP contribution in [0.25, 0.3) is 10.9 Å². The van der Waals surface area contributed by atoms with Gasteiger partial charge in [0, 0.05) is 34.3 Å². The number of rotatable bonds is 8. The van der Waals surface area contributed by atoms with Gasteiger partial charge in [0.15, 0.2) is 11.5 Å². The second-order valence-electron chi connectivity index (χ2n) is 8.01. The summed E-state index contributed by atoms with van der Waals surface area (Å²) < 4.78 is 10.7. The Labute approximate surface area is 208 Å². The fourth-order valence-corrected chi connectivity index (χ4v) is 3.92. The highest BCUT2D eigenvalue weighted by Crippen LogP contribution is 2.31.